The second kappa shape index (κ2) is 7.24. The van der Waals surface area contributed by atoms with E-state index in [-0.39, 0.29) is 29.7 Å². The van der Waals surface area contributed by atoms with Gasteiger partial charge in [0.1, 0.15) is 0 Å². The molecule has 5 heteroatoms. The molecule has 1 saturated heterocycles. The fourth-order valence-corrected chi connectivity index (χ4v) is 2.88. The number of carbonyl (C=O) groups is 1. The van der Waals surface area contributed by atoms with Gasteiger partial charge in [0.05, 0.1) is 12.5 Å². The first kappa shape index (κ1) is 14.8. The van der Waals surface area contributed by atoms with E-state index in [0.29, 0.717) is 0 Å². The fraction of sp³-hybridized carbons (Fsp3) is 0.917. The summed E-state index contributed by atoms with van der Waals surface area (Å²) in [5.41, 5.74) is 0. The van der Waals surface area contributed by atoms with Gasteiger partial charge in [-0.2, -0.15) is 11.8 Å². The lowest BCUT2D eigenvalue weighted by molar-refractivity contribution is -0.127. The van der Waals surface area contributed by atoms with Crippen molar-refractivity contribution in [2.75, 3.05) is 33.0 Å². The predicted molar refractivity (Wildman–Crippen MR) is 72.2 cm³/mol. The van der Waals surface area contributed by atoms with Crippen molar-refractivity contribution >= 4 is 17.7 Å². The SMILES string of the molecule is CS[C@H](CO)[C@@H](C)NC(=O)[C@@H]1CCCN(C)C1. The zero-order chi connectivity index (χ0) is 12.8. The molecule has 0 aromatic carbocycles. The number of amides is 1. The van der Waals surface area contributed by atoms with Crippen LogP contribution in [0.2, 0.25) is 0 Å². The first-order valence-electron chi connectivity index (χ1n) is 6.21. The molecule has 1 rings (SSSR count). The molecule has 0 aromatic rings. The van der Waals surface area contributed by atoms with Crippen LogP contribution in [0.3, 0.4) is 0 Å². The first-order valence-corrected chi connectivity index (χ1v) is 7.49. The van der Waals surface area contributed by atoms with Gasteiger partial charge in [0.15, 0.2) is 0 Å². The van der Waals surface area contributed by atoms with E-state index in [4.69, 9.17) is 0 Å². The van der Waals surface area contributed by atoms with E-state index in [1.54, 1.807) is 11.8 Å². The van der Waals surface area contributed by atoms with Crippen molar-refractivity contribution in [1.82, 2.24) is 10.2 Å². The molecule has 1 aliphatic heterocycles. The normalized spacial score (nSPS) is 25.3. The Hall–Kier alpha value is -0.260. The lowest BCUT2D eigenvalue weighted by Crippen LogP contribution is -2.47. The molecule has 0 radical (unpaired) electrons. The summed E-state index contributed by atoms with van der Waals surface area (Å²) in [6.07, 6.45) is 4.03. The predicted octanol–water partition coefficient (Wildman–Crippen LogP) is 0.557. The van der Waals surface area contributed by atoms with Crippen LogP contribution < -0.4 is 5.32 Å². The minimum Gasteiger partial charge on any atom is -0.395 e. The van der Waals surface area contributed by atoms with Crippen molar-refractivity contribution in [3.8, 4) is 0 Å². The molecule has 0 saturated carbocycles. The van der Waals surface area contributed by atoms with Gasteiger partial charge >= 0.3 is 0 Å². The van der Waals surface area contributed by atoms with Crippen LogP contribution in [0.5, 0.6) is 0 Å². The molecule has 0 bridgehead atoms. The molecule has 0 aromatic heterocycles. The van der Waals surface area contributed by atoms with Crippen LogP contribution in [0.4, 0.5) is 0 Å². The van der Waals surface area contributed by atoms with Crippen molar-refractivity contribution in [3.63, 3.8) is 0 Å². The highest BCUT2D eigenvalue weighted by atomic mass is 32.2. The lowest BCUT2D eigenvalue weighted by Gasteiger charge is -2.30. The molecule has 100 valence electrons. The van der Waals surface area contributed by atoms with E-state index >= 15 is 0 Å². The Morgan fingerprint density at radius 3 is 2.88 bits per heavy atom. The Morgan fingerprint density at radius 1 is 1.65 bits per heavy atom. The molecule has 0 aliphatic carbocycles. The molecule has 0 unspecified atom stereocenters. The maximum absolute atomic E-state index is 12.1. The van der Waals surface area contributed by atoms with Crippen LogP contribution in [0.15, 0.2) is 0 Å². The summed E-state index contributed by atoms with van der Waals surface area (Å²) in [5.74, 6) is 0.244. The van der Waals surface area contributed by atoms with E-state index in [0.717, 1.165) is 25.9 Å². The number of hydrogen-bond acceptors (Lipinski definition) is 4. The molecule has 4 nitrogen and oxygen atoms in total. The number of piperidine rings is 1. The van der Waals surface area contributed by atoms with Crippen molar-refractivity contribution in [2.24, 2.45) is 5.92 Å². The number of aliphatic hydroxyl groups excluding tert-OH is 1. The third-order valence-corrected chi connectivity index (χ3v) is 4.57. The van der Waals surface area contributed by atoms with E-state index in [2.05, 4.69) is 17.3 Å². The third kappa shape index (κ3) is 4.48. The summed E-state index contributed by atoms with van der Waals surface area (Å²) in [7, 11) is 2.06. The summed E-state index contributed by atoms with van der Waals surface area (Å²) in [6, 6.07) is 0.0229. The maximum atomic E-state index is 12.1. The van der Waals surface area contributed by atoms with Gasteiger partial charge in [-0.05, 0) is 39.6 Å². The molecule has 1 aliphatic rings. The van der Waals surface area contributed by atoms with Crippen molar-refractivity contribution in [2.45, 2.75) is 31.1 Å². The van der Waals surface area contributed by atoms with Gasteiger partial charge < -0.3 is 15.3 Å². The van der Waals surface area contributed by atoms with Crippen LogP contribution >= 0.6 is 11.8 Å². The highest BCUT2D eigenvalue weighted by molar-refractivity contribution is 7.99. The van der Waals surface area contributed by atoms with E-state index in [1.807, 2.05) is 13.2 Å². The van der Waals surface area contributed by atoms with Crippen LogP contribution in [0, 0.1) is 5.92 Å². The number of rotatable bonds is 5. The van der Waals surface area contributed by atoms with Gasteiger partial charge in [-0.15, -0.1) is 0 Å². The van der Waals surface area contributed by atoms with Gasteiger partial charge in [0.25, 0.3) is 0 Å². The quantitative estimate of drug-likeness (QED) is 0.758. The van der Waals surface area contributed by atoms with Crippen molar-refractivity contribution in [1.29, 1.82) is 0 Å². The Morgan fingerprint density at radius 2 is 2.35 bits per heavy atom. The largest absolute Gasteiger partial charge is 0.395 e. The summed E-state index contributed by atoms with van der Waals surface area (Å²) in [4.78, 5) is 14.3. The van der Waals surface area contributed by atoms with Gasteiger partial charge in [0, 0.05) is 17.8 Å². The summed E-state index contributed by atoms with van der Waals surface area (Å²) in [6.45, 7) is 4.00. The van der Waals surface area contributed by atoms with Crippen LogP contribution in [0.1, 0.15) is 19.8 Å². The molecule has 1 fully saturated rings. The zero-order valence-corrected chi connectivity index (χ0v) is 11.8. The molecule has 17 heavy (non-hydrogen) atoms. The standard InChI is InChI=1S/C12H24N2O2S/c1-9(11(8-15)17-3)13-12(16)10-5-4-6-14(2)7-10/h9-11,15H,4-8H2,1-3H3,(H,13,16)/t9-,10-,11-/m1/s1. The number of thioether (sulfide) groups is 1. The highest BCUT2D eigenvalue weighted by Gasteiger charge is 2.26. The van der Waals surface area contributed by atoms with E-state index in [9.17, 15) is 9.90 Å². The van der Waals surface area contributed by atoms with Crippen LogP contribution in [-0.2, 0) is 4.79 Å². The van der Waals surface area contributed by atoms with E-state index in [1.165, 1.54) is 0 Å². The number of aliphatic hydroxyl groups is 1. The van der Waals surface area contributed by atoms with Crippen molar-refractivity contribution in [3.05, 3.63) is 0 Å². The van der Waals surface area contributed by atoms with Gasteiger partial charge in [0.2, 0.25) is 5.91 Å². The lowest BCUT2D eigenvalue weighted by atomic mass is 9.97. The minimum absolute atomic E-state index is 0.0229. The average Bonchev–Trinajstić information content (AvgIpc) is 2.30. The Labute approximate surface area is 108 Å². The van der Waals surface area contributed by atoms with Crippen molar-refractivity contribution < 1.29 is 9.90 Å². The number of nitrogens with zero attached hydrogens (tertiary/aromatic N) is 1. The molecular formula is C12H24N2O2S. The Kier molecular flexibility index (Phi) is 6.30. The van der Waals surface area contributed by atoms with Gasteiger partial charge in [-0.25, -0.2) is 0 Å². The average molecular weight is 260 g/mol. The number of nitrogens with one attached hydrogen (secondary N) is 1. The molecular weight excluding hydrogens is 236 g/mol. The molecule has 1 amide bonds. The first-order chi connectivity index (χ1) is 8.08. The summed E-state index contributed by atoms with van der Waals surface area (Å²) in [5, 5.41) is 12.3. The number of hydrogen-bond donors (Lipinski definition) is 2. The highest BCUT2D eigenvalue weighted by Crippen LogP contribution is 2.16. The third-order valence-electron chi connectivity index (χ3n) is 3.41. The zero-order valence-electron chi connectivity index (χ0n) is 11.0. The Bertz CT molecular complexity index is 247. The number of carbonyl (C=O) groups excluding carboxylic acids is 1. The molecule has 1 heterocycles. The minimum atomic E-state index is 0.0229. The molecule has 3 atom stereocenters. The number of likely N-dealkylation sites (tertiary alicyclic amines) is 1. The summed E-state index contributed by atoms with van der Waals surface area (Å²) < 4.78 is 0. The van der Waals surface area contributed by atoms with Gasteiger partial charge in [-0.3, -0.25) is 4.79 Å². The Balaban J connectivity index is 2.42. The smallest absolute Gasteiger partial charge is 0.224 e. The topological polar surface area (TPSA) is 52.6 Å². The fourth-order valence-electron chi connectivity index (χ4n) is 2.25. The van der Waals surface area contributed by atoms with Crippen LogP contribution in [0.25, 0.3) is 0 Å². The molecule has 2 N–H and O–H groups in total. The second-order valence-corrected chi connectivity index (χ2v) is 5.93. The molecule has 0 spiro atoms. The summed E-state index contributed by atoms with van der Waals surface area (Å²) >= 11 is 1.59. The van der Waals surface area contributed by atoms with Crippen LogP contribution in [-0.4, -0.2) is 60.2 Å². The maximum Gasteiger partial charge on any atom is 0.224 e. The van der Waals surface area contributed by atoms with E-state index < -0.39 is 0 Å². The van der Waals surface area contributed by atoms with Gasteiger partial charge in [-0.1, -0.05) is 0 Å². The second-order valence-electron chi connectivity index (χ2n) is 4.86. The monoisotopic (exact) mass is 260 g/mol.